The van der Waals surface area contributed by atoms with Crippen molar-refractivity contribution in [1.82, 2.24) is 9.80 Å². The van der Waals surface area contributed by atoms with E-state index < -0.39 is 0 Å². The van der Waals surface area contributed by atoms with Crippen LogP contribution < -0.4 is 0 Å². The minimum Gasteiger partial charge on any atom is -0.449 e. The number of piperidine rings is 1. The zero-order chi connectivity index (χ0) is 16.9. The minimum atomic E-state index is -0.242. The quantitative estimate of drug-likeness (QED) is 0.783. The molecule has 0 saturated carbocycles. The molecule has 0 aromatic heterocycles. The Labute approximate surface area is 135 Å². The van der Waals surface area contributed by atoms with E-state index in [0.29, 0.717) is 25.6 Å². The van der Waals surface area contributed by atoms with Crippen molar-refractivity contribution in [3.05, 3.63) is 0 Å². The van der Waals surface area contributed by atoms with Gasteiger partial charge < -0.3 is 14.5 Å². The molecule has 1 saturated heterocycles. The topological polar surface area (TPSA) is 56.6 Å². The van der Waals surface area contributed by atoms with E-state index in [9.17, 15) is 10.1 Å². The summed E-state index contributed by atoms with van der Waals surface area (Å²) in [5.74, 6) is 0.681. The first-order valence-corrected chi connectivity index (χ1v) is 8.12. The van der Waals surface area contributed by atoms with Crippen LogP contribution in [0.1, 0.15) is 34.1 Å². The summed E-state index contributed by atoms with van der Waals surface area (Å²) in [5, 5.41) is 9.24. The highest BCUT2D eigenvalue weighted by Gasteiger charge is 2.34. The lowest BCUT2D eigenvalue weighted by Gasteiger charge is -2.37. The van der Waals surface area contributed by atoms with E-state index in [-0.39, 0.29) is 23.3 Å². The second-order valence-electron chi connectivity index (χ2n) is 7.83. The Morgan fingerprint density at radius 3 is 2.59 bits per heavy atom. The number of ether oxygens (including phenoxy) is 1. The molecular formula is C17H31N3O2. The van der Waals surface area contributed by atoms with Gasteiger partial charge in [-0.25, -0.2) is 4.79 Å². The number of carbonyl (C=O) groups excluding carboxylic acids is 1. The highest BCUT2D eigenvalue weighted by Crippen LogP contribution is 2.29. The van der Waals surface area contributed by atoms with Crippen LogP contribution in [0.4, 0.5) is 4.79 Å². The molecule has 0 radical (unpaired) electrons. The van der Waals surface area contributed by atoms with E-state index >= 15 is 0 Å². The zero-order valence-electron chi connectivity index (χ0n) is 14.9. The first-order valence-electron chi connectivity index (χ1n) is 8.12. The lowest BCUT2D eigenvalue weighted by molar-refractivity contribution is 0.0380. The Morgan fingerprint density at radius 2 is 2.09 bits per heavy atom. The number of amides is 1. The number of hydrogen-bond donors (Lipinski definition) is 0. The number of carbonyl (C=O) groups is 1. The highest BCUT2D eigenvalue weighted by atomic mass is 16.6. The van der Waals surface area contributed by atoms with Gasteiger partial charge >= 0.3 is 6.09 Å². The van der Waals surface area contributed by atoms with Crippen LogP contribution in [-0.4, -0.2) is 56.2 Å². The molecule has 1 aliphatic rings. The van der Waals surface area contributed by atoms with E-state index in [1.165, 1.54) is 0 Å². The van der Waals surface area contributed by atoms with Gasteiger partial charge in [-0.05, 0) is 32.4 Å². The van der Waals surface area contributed by atoms with Gasteiger partial charge in [0.25, 0.3) is 0 Å². The Bertz CT molecular complexity index is 413. The van der Waals surface area contributed by atoms with Gasteiger partial charge in [0, 0.05) is 25.0 Å². The SMILES string of the molecule is CC(C)C1CN(C(=O)OCC(C)(C)CN(C)C)CCC1C#N. The first-order chi connectivity index (χ1) is 10.2. The molecule has 0 aliphatic carbocycles. The summed E-state index contributed by atoms with van der Waals surface area (Å²) >= 11 is 0. The molecular weight excluding hydrogens is 278 g/mol. The molecule has 1 heterocycles. The zero-order valence-corrected chi connectivity index (χ0v) is 14.9. The summed E-state index contributed by atoms with van der Waals surface area (Å²) in [4.78, 5) is 16.2. The monoisotopic (exact) mass is 309 g/mol. The first kappa shape index (κ1) is 18.8. The third kappa shape index (κ3) is 5.49. The molecule has 1 amide bonds. The summed E-state index contributed by atoms with van der Waals surface area (Å²) in [6.07, 6.45) is 0.504. The van der Waals surface area contributed by atoms with Crippen molar-refractivity contribution >= 4 is 6.09 Å². The summed E-state index contributed by atoms with van der Waals surface area (Å²) in [6, 6.07) is 2.39. The predicted octanol–water partition coefficient (Wildman–Crippen LogP) is 2.83. The predicted molar refractivity (Wildman–Crippen MR) is 87.3 cm³/mol. The summed E-state index contributed by atoms with van der Waals surface area (Å²) < 4.78 is 5.52. The van der Waals surface area contributed by atoms with Crippen molar-refractivity contribution in [2.45, 2.75) is 34.1 Å². The van der Waals surface area contributed by atoms with Crippen molar-refractivity contribution < 1.29 is 9.53 Å². The van der Waals surface area contributed by atoms with Crippen LogP contribution in [0.15, 0.2) is 0 Å². The van der Waals surface area contributed by atoms with Gasteiger partial charge in [0.05, 0.1) is 18.6 Å². The van der Waals surface area contributed by atoms with Crippen molar-refractivity contribution in [2.75, 3.05) is 40.3 Å². The minimum absolute atomic E-state index is 0.0502. The van der Waals surface area contributed by atoms with Gasteiger partial charge in [-0.3, -0.25) is 0 Å². The molecule has 0 spiro atoms. The fraction of sp³-hybridized carbons (Fsp3) is 0.882. The number of nitrogens with zero attached hydrogens (tertiary/aromatic N) is 3. The molecule has 22 heavy (non-hydrogen) atoms. The van der Waals surface area contributed by atoms with E-state index in [2.05, 4.69) is 38.7 Å². The second kappa shape index (κ2) is 7.82. The van der Waals surface area contributed by atoms with Gasteiger partial charge in [0.2, 0.25) is 0 Å². The summed E-state index contributed by atoms with van der Waals surface area (Å²) in [6.45, 7) is 10.9. The van der Waals surface area contributed by atoms with E-state index in [4.69, 9.17) is 4.74 Å². The molecule has 2 unspecified atom stereocenters. The van der Waals surface area contributed by atoms with E-state index in [1.54, 1.807) is 4.90 Å². The standard InChI is InChI=1S/C17H31N3O2/c1-13(2)15-10-20(8-7-14(15)9-18)16(21)22-12-17(3,4)11-19(5)6/h13-15H,7-8,10-12H2,1-6H3. The maximum atomic E-state index is 12.3. The second-order valence-corrected chi connectivity index (χ2v) is 7.83. The van der Waals surface area contributed by atoms with Gasteiger partial charge in [0.15, 0.2) is 0 Å². The van der Waals surface area contributed by atoms with Crippen LogP contribution >= 0.6 is 0 Å². The molecule has 126 valence electrons. The largest absolute Gasteiger partial charge is 0.449 e. The molecule has 0 aromatic rings. The molecule has 1 rings (SSSR count). The third-order valence-electron chi connectivity index (χ3n) is 4.27. The third-order valence-corrected chi connectivity index (χ3v) is 4.27. The average molecular weight is 309 g/mol. The van der Waals surface area contributed by atoms with Crippen LogP contribution in [-0.2, 0) is 4.74 Å². The van der Waals surface area contributed by atoms with E-state index in [1.807, 2.05) is 14.1 Å². The molecule has 0 N–H and O–H groups in total. The van der Waals surface area contributed by atoms with Crippen LogP contribution in [0.3, 0.4) is 0 Å². The number of hydrogen-bond acceptors (Lipinski definition) is 4. The van der Waals surface area contributed by atoms with Gasteiger partial charge in [-0.1, -0.05) is 27.7 Å². The van der Waals surface area contributed by atoms with Crippen molar-refractivity contribution in [1.29, 1.82) is 5.26 Å². The Balaban J connectivity index is 2.55. The number of rotatable bonds is 5. The Hall–Kier alpha value is -1.28. The Kier molecular flexibility index (Phi) is 6.67. The molecule has 0 aromatic carbocycles. The lowest BCUT2D eigenvalue weighted by Crippen LogP contribution is -2.46. The van der Waals surface area contributed by atoms with Gasteiger partial charge in [-0.2, -0.15) is 5.26 Å². The normalized spacial score (nSPS) is 22.8. The molecule has 1 aliphatic heterocycles. The molecule has 0 bridgehead atoms. The Morgan fingerprint density at radius 1 is 1.45 bits per heavy atom. The fourth-order valence-corrected chi connectivity index (χ4v) is 3.23. The van der Waals surface area contributed by atoms with Gasteiger partial charge in [0.1, 0.15) is 0 Å². The van der Waals surface area contributed by atoms with Crippen molar-refractivity contribution in [3.8, 4) is 6.07 Å². The van der Waals surface area contributed by atoms with Gasteiger partial charge in [-0.15, -0.1) is 0 Å². The molecule has 5 heteroatoms. The smallest absolute Gasteiger partial charge is 0.409 e. The summed E-state index contributed by atoms with van der Waals surface area (Å²) in [7, 11) is 4.03. The average Bonchev–Trinajstić information content (AvgIpc) is 2.42. The molecule has 1 fully saturated rings. The van der Waals surface area contributed by atoms with Crippen LogP contribution in [0.2, 0.25) is 0 Å². The summed E-state index contributed by atoms with van der Waals surface area (Å²) in [5.41, 5.74) is -0.0679. The maximum Gasteiger partial charge on any atom is 0.409 e. The van der Waals surface area contributed by atoms with Crippen LogP contribution in [0.25, 0.3) is 0 Å². The number of nitriles is 1. The van der Waals surface area contributed by atoms with Crippen molar-refractivity contribution in [2.24, 2.45) is 23.2 Å². The van der Waals surface area contributed by atoms with Crippen LogP contribution in [0.5, 0.6) is 0 Å². The van der Waals surface area contributed by atoms with Crippen LogP contribution in [0, 0.1) is 34.5 Å². The lowest BCUT2D eigenvalue weighted by atomic mass is 9.79. The van der Waals surface area contributed by atoms with E-state index in [0.717, 1.165) is 13.0 Å². The molecule has 2 atom stereocenters. The van der Waals surface area contributed by atoms with Crippen molar-refractivity contribution in [3.63, 3.8) is 0 Å². The fourth-order valence-electron chi connectivity index (χ4n) is 3.23. The highest BCUT2D eigenvalue weighted by molar-refractivity contribution is 5.67. The maximum absolute atomic E-state index is 12.3. The number of likely N-dealkylation sites (tertiary alicyclic amines) is 1. The molecule has 5 nitrogen and oxygen atoms in total.